The molecule has 0 radical (unpaired) electrons. The smallest absolute Gasteiger partial charge is 0.164 e. The maximum absolute atomic E-state index is 6.65. The molecular formula is C46H31N3O. The SMILES string of the molecule is CC1(C)c2ccccc2-c2c(-c3nc(-c4ccccc4)nc(-c4cc5c6ccccc6oc5c5c(-c6ccccc6)cccc45)n3)cccc21. The van der Waals surface area contributed by atoms with Gasteiger partial charge in [-0.05, 0) is 50.9 Å². The average molecular weight is 642 g/mol. The molecule has 0 atom stereocenters. The Morgan fingerprint density at radius 2 is 1.02 bits per heavy atom. The number of hydrogen-bond donors (Lipinski definition) is 0. The van der Waals surface area contributed by atoms with Crippen molar-refractivity contribution in [1.29, 1.82) is 0 Å². The van der Waals surface area contributed by atoms with E-state index in [1.807, 2.05) is 36.4 Å². The van der Waals surface area contributed by atoms with Crippen molar-refractivity contribution in [3.05, 3.63) is 163 Å². The summed E-state index contributed by atoms with van der Waals surface area (Å²) in [5.74, 6) is 1.92. The van der Waals surface area contributed by atoms with Crippen molar-refractivity contribution in [2.75, 3.05) is 0 Å². The Labute approximate surface area is 289 Å². The van der Waals surface area contributed by atoms with E-state index in [0.717, 1.165) is 60.5 Å². The van der Waals surface area contributed by atoms with Crippen molar-refractivity contribution < 1.29 is 4.42 Å². The molecule has 1 aliphatic rings. The summed E-state index contributed by atoms with van der Waals surface area (Å²) in [5, 5.41) is 4.16. The molecule has 1 aliphatic carbocycles. The number of rotatable bonds is 4. The first-order valence-electron chi connectivity index (χ1n) is 17.0. The maximum Gasteiger partial charge on any atom is 0.164 e. The van der Waals surface area contributed by atoms with Crippen LogP contribution in [-0.2, 0) is 5.41 Å². The van der Waals surface area contributed by atoms with Gasteiger partial charge in [-0.2, -0.15) is 0 Å². The van der Waals surface area contributed by atoms with Crippen molar-refractivity contribution in [2.45, 2.75) is 19.3 Å². The summed E-state index contributed by atoms with van der Waals surface area (Å²) in [6.45, 7) is 4.60. The van der Waals surface area contributed by atoms with Gasteiger partial charge in [-0.15, -0.1) is 0 Å². The highest BCUT2D eigenvalue weighted by molar-refractivity contribution is 6.22. The summed E-state index contributed by atoms with van der Waals surface area (Å²) in [7, 11) is 0. The molecule has 2 heterocycles. The Balaban J connectivity index is 1.31. The second-order valence-corrected chi connectivity index (χ2v) is 13.6. The third kappa shape index (κ3) is 4.21. The van der Waals surface area contributed by atoms with E-state index in [4.69, 9.17) is 19.4 Å². The van der Waals surface area contributed by atoms with E-state index in [2.05, 4.69) is 129 Å². The van der Waals surface area contributed by atoms with E-state index in [0.29, 0.717) is 17.5 Å². The van der Waals surface area contributed by atoms with Gasteiger partial charge < -0.3 is 4.42 Å². The molecule has 7 aromatic carbocycles. The molecule has 50 heavy (non-hydrogen) atoms. The van der Waals surface area contributed by atoms with Crippen LogP contribution in [0.15, 0.2) is 156 Å². The van der Waals surface area contributed by atoms with Crippen LogP contribution in [0, 0.1) is 0 Å². The van der Waals surface area contributed by atoms with E-state index >= 15 is 0 Å². The fourth-order valence-corrected chi connectivity index (χ4v) is 7.96. The lowest BCUT2D eigenvalue weighted by Gasteiger charge is -2.21. The fraction of sp³-hybridized carbons (Fsp3) is 0.0652. The zero-order valence-electron chi connectivity index (χ0n) is 27.7. The van der Waals surface area contributed by atoms with E-state index in [1.54, 1.807) is 0 Å². The molecule has 0 saturated heterocycles. The van der Waals surface area contributed by atoms with Gasteiger partial charge in [0, 0.05) is 38.3 Å². The molecule has 236 valence electrons. The predicted molar refractivity (Wildman–Crippen MR) is 204 cm³/mol. The van der Waals surface area contributed by atoms with Gasteiger partial charge in [-0.3, -0.25) is 0 Å². The zero-order chi connectivity index (χ0) is 33.4. The molecule has 0 fully saturated rings. The van der Waals surface area contributed by atoms with E-state index < -0.39 is 0 Å². The Hall–Kier alpha value is -6.39. The summed E-state index contributed by atoms with van der Waals surface area (Å²) < 4.78 is 6.65. The van der Waals surface area contributed by atoms with Gasteiger partial charge >= 0.3 is 0 Å². The average Bonchev–Trinajstić information content (AvgIpc) is 3.67. The molecule has 4 heteroatoms. The van der Waals surface area contributed by atoms with Crippen LogP contribution in [0.1, 0.15) is 25.0 Å². The third-order valence-electron chi connectivity index (χ3n) is 10.3. The number of hydrogen-bond acceptors (Lipinski definition) is 4. The van der Waals surface area contributed by atoms with Crippen molar-refractivity contribution in [3.8, 4) is 56.4 Å². The monoisotopic (exact) mass is 641 g/mol. The third-order valence-corrected chi connectivity index (χ3v) is 10.3. The fourth-order valence-electron chi connectivity index (χ4n) is 7.96. The van der Waals surface area contributed by atoms with E-state index in [9.17, 15) is 0 Å². The first-order chi connectivity index (χ1) is 24.6. The van der Waals surface area contributed by atoms with Gasteiger partial charge in [-0.25, -0.2) is 15.0 Å². The first-order valence-corrected chi connectivity index (χ1v) is 17.0. The highest BCUT2D eigenvalue weighted by atomic mass is 16.3. The van der Waals surface area contributed by atoms with Crippen LogP contribution in [0.4, 0.5) is 0 Å². The molecule has 0 N–H and O–H groups in total. The summed E-state index contributed by atoms with van der Waals surface area (Å²) >= 11 is 0. The molecule has 2 aromatic heterocycles. The van der Waals surface area contributed by atoms with Gasteiger partial charge in [0.25, 0.3) is 0 Å². The number of furan rings is 1. The van der Waals surface area contributed by atoms with Crippen LogP contribution >= 0.6 is 0 Å². The van der Waals surface area contributed by atoms with Crippen LogP contribution in [-0.4, -0.2) is 15.0 Å². The quantitative estimate of drug-likeness (QED) is 0.192. The lowest BCUT2D eigenvalue weighted by atomic mass is 9.82. The Kier molecular flexibility index (Phi) is 6.19. The zero-order valence-corrected chi connectivity index (χ0v) is 27.7. The summed E-state index contributed by atoms with van der Waals surface area (Å²) in [4.78, 5) is 15.8. The van der Waals surface area contributed by atoms with Gasteiger partial charge in [0.2, 0.25) is 0 Å². The van der Waals surface area contributed by atoms with Crippen molar-refractivity contribution in [1.82, 2.24) is 15.0 Å². The number of para-hydroxylation sites is 1. The largest absolute Gasteiger partial charge is 0.455 e. The summed E-state index contributed by atoms with van der Waals surface area (Å²) in [6, 6.07) is 52.9. The Bertz CT molecular complexity index is 2780. The summed E-state index contributed by atoms with van der Waals surface area (Å²) in [5.41, 5.74) is 11.7. The number of benzene rings is 7. The molecule has 4 nitrogen and oxygen atoms in total. The molecule has 0 spiro atoms. The minimum atomic E-state index is -0.141. The van der Waals surface area contributed by atoms with Crippen LogP contribution in [0.5, 0.6) is 0 Å². The number of aromatic nitrogens is 3. The Morgan fingerprint density at radius 1 is 0.440 bits per heavy atom. The Morgan fingerprint density at radius 3 is 1.84 bits per heavy atom. The van der Waals surface area contributed by atoms with Crippen LogP contribution in [0.25, 0.3) is 89.1 Å². The minimum Gasteiger partial charge on any atom is -0.455 e. The van der Waals surface area contributed by atoms with Gasteiger partial charge in [0.15, 0.2) is 17.5 Å². The topological polar surface area (TPSA) is 51.8 Å². The maximum atomic E-state index is 6.65. The predicted octanol–water partition coefficient (Wildman–Crippen LogP) is 11.9. The first kappa shape index (κ1) is 28.6. The number of nitrogens with zero attached hydrogens (tertiary/aromatic N) is 3. The molecule has 10 rings (SSSR count). The molecule has 0 aliphatic heterocycles. The molecule has 0 bridgehead atoms. The van der Waals surface area contributed by atoms with Crippen molar-refractivity contribution in [2.24, 2.45) is 0 Å². The molecule has 0 unspecified atom stereocenters. The van der Waals surface area contributed by atoms with Crippen LogP contribution < -0.4 is 0 Å². The molecule has 9 aromatic rings. The van der Waals surface area contributed by atoms with Crippen LogP contribution in [0.2, 0.25) is 0 Å². The van der Waals surface area contributed by atoms with Gasteiger partial charge in [0.1, 0.15) is 11.2 Å². The normalized spacial score (nSPS) is 13.2. The van der Waals surface area contributed by atoms with Gasteiger partial charge in [-0.1, -0.05) is 153 Å². The van der Waals surface area contributed by atoms with E-state index in [1.165, 1.54) is 22.3 Å². The van der Waals surface area contributed by atoms with Crippen molar-refractivity contribution in [3.63, 3.8) is 0 Å². The lowest BCUT2D eigenvalue weighted by molar-refractivity contribution is 0.660. The molecular weight excluding hydrogens is 611 g/mol. The van der Waals surface area contributed by atoms with Gasteiger partial charge in [0.05, 0.1) is 0 Å². The van der Waals surface area contributed by atoms with E-state index in [-0.39, 0.29) is 5.41 Å². The second kappa shape index (κ2) is 10.8. The standard InChI is InChI=1S/C46H31N3O/c1-46(2)37-24-11-9-20-33(37)40-34(23-14-25-38(40)46)44-47-43(29-17-7-4-8-18-29)48-45(49-44)36-27-35-31-19-10-12-26-39(31)50-42(35)41-30(21-13-22-32(36)41)28-15-5-3-6-16-28/h3-27H,1-2H3. The summed E-state index contributed by atoms with van der Waals surface area (Å²) in [6.07, 6.45) is 0. The second-order valence-electron chi connectivity index (χ2n) is 13.6. The molecule has 0 amide bonds. The van der Waals surface area contributed by atoms with Crippen molar-refractivity contribution >= 4 is 32.7 Å². The minimum absolute atomic E-state index is 0.141. The lowest BCUT2D eigenvalue weighted by Crippen LogP contribution is -2.14. The van der Waals surface area contributed by atoms with Crippen LogP contribution in [0.3, 0.4) is 0 Å². The molecule has 0 saturated carbocycles. The number of fused-ring (bicyclic) bond motifs is 8. The highest BCUT2D eigenvalue weighted by Crippen LogP contribution is 2.52. The highest BCUT2D eigenvalue weighted by Gasteiger charge is 2.37.